The predicted molar refractivity (Wildman–Crippen MR) is 146 cm³/mol. The maximum absolute atomic E-state index is 9.04. The molecule has 0 aliphatic rings. The molecule has 0 aliphatic carbocycles. The third kappa shape index (κ3) is 4.38. The molecular weight excluding hydrogens is 474 g/mol. The number of imidazole rings is 1. The molecule has 0 amide bonds. The number of hydrogen-bond acceptors (Lipinski definition) is 8. The van der Waals surface area contributed by atoms with Crippen molar-refractivity contribution in [3.8, 4) is 34.4 Å². The second-order valence-electron chi connectivity index (χ2n) is 8.57. The van der Waals surface area contributed by atoms with Gasteiger partial charge in [-0.25, -0.2) is 15.0 Å². The number of benzene rings is 2. The Kier molecular flexibility index (Phi) is 5.88. The molecule has 38 heavy (non-hydrogen) atoms. The molecule has 6 aromatic rings. The number of nitrogens with zero attached hydrogens (tertiary/aromatic N) is 7. The number of nitrogen functional groups attached to an aromatic ring is 1. The highest BCUT2D eigenvalue weighted by molar-refractivity contribution is 5.84. The van der Waals surface area contributed by atoms with Crippen LogP contribution in [-0.2, 0) is 6.54 Å². The van der Waals surface area contributed by atoms with Gasteiger partial charge in [-0.2, -0.15) is 10.4 Å². The molecule has 9 heteroatoms. The van der Waals surface area contributed by atoms with Crippen LogP contribution in [-0.4, -0.2) is 29.7 Å². The van der Waals surface area contributed by atoms with E-state index >= 15 is 0 Å². The van der Waals surface area contributed by atoms with Crippen molar-refractivity contribution in [3.63, 3.8) is 0 Å². The fourth-order valence-electron chi connectivity index (χ4n) is 4.24. The largest absolute Gasteiger partial charge is 0.383 e. The van der Waals surface area contributed by atoms with Crippen molar-refractivity contribution in [1.29, 1.82) is 5.26 Å². The van der Waals surface area contributed by atoms with Gasteiger partial charge in [0, 0.05) is 30.1 Å². The zero-order chi connectivity index (χ0) is 25.9. The third-order valence-corrected chi connectivity index (χ3v) is 6.11. The van der Waals surface area contributed by atoms with E-state index in [-0.39, 0.29) is 5.69 Å². The number of hydrogen-bond donors (Lipinski definition) is 2. The number of pyridine rings is 2. The molecule has 0 aliphatic heterocycles. The van der Waals surface area contributed by atoms with Crippen LogP contribution in [0.3, 0.4) is 0 Å². The van der Waals surface area contributed by atoms with E-state index in [1.165, 1.54) is 0 Å². The summed E-state index contributed by atoms with van der Waals surface area (Å²) in [5.74, 6) is 1.07. The van der Waals surface area contributed by atoms with E-state index in [2.05, 4.69) is 20.5 Å². The zero-order valence-electron chi connectivity index (χ0n) is 20.2. The summed E-state index contributed by atoms with van der Waals surface area (Å²) in [5.41, 5.74) is 13.3. The Bertz CT molecular complexity index is 1790. The van der Waals surface area contributed by atoms with Crippen LogP contribution < -0.4 is 11.1 Å². The van der Waals surface area contributed by atoms with Crippen LogP contribution in [0.1, 0.15) is 11.3 Å². The van der Waals surface area contributed by atoms with Crippen molar-refractivity contribution in [2.45, 2.75) is 6.54 Å². The molecule has 0 saturated heterocycles. The Labute approximate surface area is 218 Å². The van der Waals surface area contributed by atoms with Crippen molar-refractivity contribution < 1.29 is 0 Å². The maximum Gasteiger partial charge on any atom is 0.165 e. The molecule has 2 aromatic carbocycles. The van der Waals surface area contributed by atoms with Crippen LogP contribution in [0, 0.1) is 11.3 Å². The van der Waals surface area contributed by atoms with Gasteiger partial charge < -0.3 is 11.1 Å². The number of rotatable bonds is 6. The molecule has 0 saturated carbocycles. The molecule has 0 unspecified atom stereocenters. The lowest BCUT2D eigenvalue weighted by Crippen LogP contribution is -2.04. The van der Waals surface area contributed by atoms with Crippen molar-refractivity contribution in [2.24, 2.45) is 0 Å². The summed E-state index contributed by atoms with van der Waals surface area (Å²) in [4.78, 5) is 14.2. The van der Waals surface area contributed by atoms with Gasteiger partial charge in [0.15, 0.2) is 17.2 Å². The summed E-state index contributed by atoms with van der Waals surface area (Å²) >= 11 is 0. The van der Waals surface area contributed by atoms with Crippen LogP contribution in [0.15, 0.2) is 97.3 Å². The highest BCUT2D eigenvalue weighted by Crippen LogP contribution is 2.31. The number of aromatic nitrogens is 6. The van der Waals surface area contributed by atoms with Gasteiger partial charge in [0.2, 0.25) is 0 Å². The number of nitrogens with two attached hydrogens (primary N) is 1. The summed E-state index contributed by atoms with van der Waals surface area (Å²) in [6.07, 6.45) is 3.25. The minimum Gasteiger partial charge on any atom is -0.383 e. The monoisotopic (exact) mass is 495 g/mol. The molecule has 3 N–H and O–H groups in total. The topological polar surface area (TPSA) is 131 Å². The van der Waals surface area contributed by atoms with Crippen molar-refractivity contribution in [2.75, 3.05) is 11.1 Å². The first-order valence-corrected chi connectivity index (χ1v) is 11.9. The van der Waals surface area contributed by atoms with Gasteiger partial charge in [0.25, 0.3) is 0 Å². The maximum atomic E-state index is 9.04. The predicted octanol–water partition coefficient (Wildman–Crippen LogP) is 5.01. The van der Waals surface area contributed by atoms with Crippen LogP contribution >= 0.6 is 0 Å². The Hall–Kier alpha value is -5.62. The van der Waals surface area contributed by atoms with Crippen LogP contribution in [0.5, 0.6) is 0 Å². The fourth-order valence-corrected chi connectivity index (χ4v) is 4.24. The number of anilines is 2. The minimum atomic E-state index is 0.266. The van der Waals surface area contributed by atoms with Gasteiger partial charge in [0.1, 0.15) is 17.4 Å². The first kappa shape index (κ1) is 22.8. The van der Waals surface area contributed by atoms with Gasteiger partial charge in [0.05, 0.1) is 23.1 Å². The lowest BCUT2D eigenvalue weighted by atomic mass is 10.1. The molecule has 4 aromatic heterocycles. The molecule has 0 radical (unpaired) electrons. The molecule has 4 heterocycles. The van der Waals surface area contributed by atoms with E-state index in [9.17, 15) is 0 Å². The van der Waals surface area contributed by atoms with Crippen molar-refractivity contribution in [3.05, 3.63) is 109 Å². The van der Waals surface area contributed by atoms with Gasteiger partial charge >= 0.3 is 0 Å². The molecule has 182 valence electrons. The molecule has 0 atom stereocenters. The van der Waals surface area contributed by atoms with E-state index in [1.807, 2.05) is 89.5 Å². The van der Waals surface area contributed by atoms with Crippen LogP contribution in [0.4, 0.5) is 11.5 Å². The van der Waals surface area contributed by atoms with Crippen molar-refractivity contribution in [1.82, 2.24) is 29.7 Å². The highest BCUT2D eigenvalue weighted by Gasteiger charge is 2.18. The van der Waals surface area contributed by atoms with Gasteiger partial charge in [-0.05, 0) is 42.0 Å². The van der Waals surface area contributed by atoms with Crippen LogP contribution in [0.2, 0.25) is 0 Å². The average Bonchev–Trinajstić information content (AvgIpc) is 3.35. The smallest absolute Gasteiger partial charge is 0.165 e. The summed E-state index contributed by atoms with van der Waals surface area (Å²) in [7, 11) is 0. The number of fused-ring (bicyclic) bond motifs is 1. The quantitative estimate of drug-likeness (QED) is 0.330. The Morgan fingerprint density at radius 3 is 2.55 bits per heavy atom. The van der Waals surface area contributed by atoms with Crippen LogP contribution in [0.25, 0.3) is 39.5 Å². The first-order valence-electron chi connectivity index (χ1n) is 11.9. The lowest BCUT2D eigenvalue weighted by Gasteiger charge is -2.12. The summed E-state index contributed by atoms with van der Waals surface area (Å²) in [6.45, 7) is 0.556. The minimum absolute atomic E-state index is 0.266. The second-order valence-corrected chi connectivity index (χ2v) is 8.57. The highest BCUT2D eigenvalue weighted by atomic mass is 15.1. The molecule has 0 fully saturated rings. The van der Waals surface area contributed by atoms with E-state index in [1.54, 1.807) is 18.5 Å². The zero-order valence-corrected chi connectivity index (χ0v) is 20.2. The molecule has 9 nitrogen and oxygen atoms in total. The van der Waals surface area contributed by atoms with Gasteiger partial charge in [-0.15, -0.1) is 5.10 Å². The lowest BCUT2D eigenvalue weighted by molar-refractivity contribution is 0.999. The van der Waals surface area contributed by atoms with Gasteiger partial charge in [-0.3, -0.25) is 4.57 Å². The Balaban J connectivity index is 1.41. The van der Waals surface area contributed by atoms with E-state index < -0.39 is 0 Å². The molecule has 0 spiro atoms. The Morgan fingerprint density at radius 2 is 1.76 bits per heavy atom. The average molecular weight is 496 g/mol. The van der Waals surface area contributed by atoms with Crippen molar-refractivity contribution >= 4 is 22.7 Å². The normalized spacial score (nSPS) is 10.8. The molecule has 6 rings (SSSR count). The second kappa shape index (κ2) is 9.79. The summed E-state index contributed by atoms with van der Waals surface area (Å²) < 4.78 is 2.01. The molecule has 0 bridgehead atoms. The standard InChI is InChI=1S/C29H21N9/c30-16-21-15-22(18-34-37-21)33-17-19-8-10-23(11-9-19)38-28(24-7-4-14-32-27(24)31)36-26-13-12-25(35-29(26)38)20-5-2-1-3-6-20/h1-15,18H,17H2,(H2,31,32)(H,33,37). The Morgan fingerprint density at radius 1 is 0.921 bits per heavy atom. The summed E-state index contributed by atoms with van der Waals surface area (Å²) in [6, 6.07) is 29.5. The van der Waals surface area contributed by atoms with E-state index in [4.69, 9.17) is 21.0 Å². The van der Waals surface area contributed by atoms with E-state index in [0.717, 1.165) is 44.9 Å². The fraction of sp³-hybridized carbons (Fsp3) is 0.0345. The van der Waals surface area contributed by atoms with E-state index in [0.29, 0.717) is 18.2 Å². The SMILES string of the molecule is N#Cc1cc(NCc2ccc(-n3c(-c4cccnc4N)nc4ccc(-c5ccccc5)nc43)cc2)cnn1. The summed E-state index contributed by atoms with van der Waals surface area (Å²) in [5, 5.41) is 19.9. The molecular formula is C29H21N9. The third-order valence-electron chi connectivity index (χ3n) is 6.11. The number of nitrogens with one attached hydrogen (secondary N) is 1. The number of nitriles is 1. The van der Waals surface area contributed by atoms with Gasteiger partial charge in [-0.1, -0.05) is 42.5 Å². The first-order chi connectivity index (χ1) is 18.7.